The summed E-state index contributed by atoms with van der Waals surface area (Å²) >= 11 is 6.63. The minimum Gasteiger partial charge on any atom is -0.395 e. The fourth-order valence-corrected chi connectivity index (χ4v) is 3.85. The first-order chi connectivity index (χ1) is 15.0. The number of aliphatic hydroxyl groups excluding tert-OH is 1. The van der Waals surface area contributed by atoms with Gasteiger partial charge in [0.1, 0.15) is 5.65 Å². The number of anilines is 1. The zero-order valence-electron chi connectivity index (χ0n) is 17.3. The molecule has 0 spiro atoms. The number of rotatable bonds is 6. The molecule has 2 N–H and O–H groups in total. The third kappa shape index (κ3) is 4.02. The second-order valence-corrected chi connectivity index (χ2v) is 7.50. The standard InChI is InChI=1S/C23H22ClN5O2/c1-3-29-21-16(13-27-23(28-21)26-9-10-30)11-18(22(29)31)17-7-6-15(12-19(17)24)20-14(2)5-4-8-25-20/h4-8,11-13,30H,3,9-10H2,1-2H3,(H,26,27,28). The summed E-state index contributed by atoms with van der Waals surface area (Å²) in [5, 5.41) is 13.1. The predicted molar refractivity (Wildman–Crippen MR) is 123 cm³/mol. The number of fused-ring (bicyclic) bond motifs is 1. The van der Waals surface area contributed by atoms with E-state index in [1.165, 1.54) is 0 Å². The van der Waals surface area contributed by atoms with Crippen LogP contribution in [0.4, 0.5) is 5.95 Å². The second-order valence-electron chi connectivity index (χ2n) is 7.09. The van der Waals surface area contributed by atoms with Crippen molar-refractivity contribution < 1.29 is 5.11 Å². The average Bonchev–Trinajstić information content (AvgIpc) is 2.78. The normalized spacial score (nSPS) is 11.1. The maximum absolute atomic E-state index is 13.3. The van der Waals surface area contributed by atoms with Crippen LogP contribution in [0.25, 0.3) is 33.4 Å². The van der Waals surface area contributed by atoms with Crippen molar-refractivity contribution in [3.8, 4) is 22.4 Å². The Hall–Kier alpha value is -3.29. The minimum absolute atomic E-state index is 0.0343. The third-order valence-corrected chi connectivity index (χ3v) is 5.39. The van der Waals surface area contributed by atoms with Crippen LogP contribution in [-0.4, -0.2) is 37.8 Å². The predicted octanol–water partition coefficient (Wildman–Crippen LogP) is 3.91. The van der Waals surface area contributed by atoms with Crippen molar-refractivity contribution in [3.63, 3.8) is 0 Å². The molecule has 0 radical (unpaired) electrons. The van der Waals surface area contributed by atoms with E-state index >= 15 is 0 Å². The molecule has 0 fully saturated rings. The molecule has 1 aromatic carbocycles. The summed E-state index contributed by atoms with van der Waals surface area (Å²) in [6.45, 7) is 4.63. The monoisotopic (exact) mass is 435 g/mol. The number of aromatic nitrogens is 4. The molecule has 31 heavy (non-hydrogen) atoms. The molecule has 3 aromatic heterocycles. The molecule has 0 bridgehead atoms. The lowest BCUT2D eigenvalue weighted by molar-refractivity contribution is 0.311. The highest BCUT2D eigenvalue weighted by molar-refractivity contribution is 6.33. The Kier molecular flexibility index (Phi) is 5.97. The van der Waals surface area contributed by atoms with Gasteiger partial charge in [-0.25, -0.2) is 4.98 Å². The van der Waals surface area contributed by atoms with E-state index in [-0.39, 0.29) is 12.2 Å². The van der Waals surface area contributed by atoms with Crippen LogP contribution in [0.2, 0.25) is 5.02 Å². The van der Waals surface area contributed by atoms with E-state index in [2.05, 4.69) is 20.3 Å². The van der Waals surface area contributed by atoms with E-state index in [1.807, 2.05) is 44.2 Å². The zero-order chi connectivity index (χ0) is 22.0. The molecule has 0 saturated heterocycles. The Balaban J connectivity index is 1.83. The van der Waals surface area contributed by atoms with Gasteiger partial charge in [0.2, 0.25) is 5.95 Å². The van der Waals surface area contributed by atoms with Crippen LogP contribution in [0.1, 0.15) is 12.5 Å². The summed E-state index contributed by atoms with van der Waals surface area (Å²) in [7, 11) is 0. The molecule has 158 valence electrons. The molecule has 8 heteroatoms. The molecule has 0 atom stereocenters. The van der Waals surface area contributed by atoms with Crippen molar-refractivity contribution in [2.24, 2.45) is 0 Å². The second kappa shape index (κ2) is 8.83. The molecule has 0 amide bonds. The van der Waals surface area contributed by atoms with Crippen molar-refractivity contribution >= 4 is 28.6 Å². The molecule has 0 aliphatic rings. The van der Waals surface area contributed by atoms with E-state index in [0.29, 0.717) is 40.8 Å². The smallest absolute Gasteiger partial charge is 0.260 e. The van der Waals surface area contributed by atoms with Crippen LogP contribution in [0.3, 0.4) is 0 Å². The van der Waals surface area contributed by atoms with Crippen LogP contribution in [0, 0.1) is 6.92 Å². The topological polar surface area (TPSA) is 92.9 Å². The number of pyridine rings is 2. The summed E-state index contributed by atoms with van der Waals surface area (Å²) in [4.78, 5) is 26.5. The summed E-state index contributed by atoms with van der Waals surface area (Å²) < 4.78 is 1.60. The average molecular weight is 436 g/mol. The highest BCUT2D eigenvalue weighted by Gasteiger charge is 2.16. The summed E-state index contributed by atoms with van der Waals surface area (Å²) in [6.07, 6.45) is 3.41. The van der Waals surface area contributed by atoms with Gasteiger partial charge in [0.15, 0.2) is 0 Å². The fourth-order valence-electron chi connectivity index (χ4n) is 3.57. The molecule has 4 aromatic rings. The van der Waals surface area contributed by atoms with E-state index in [4.69, 9.17) is 16.7 Å². The largest absolute Gasteiger partial charge is 0.395 e. The van der Waals surface area contributed by atoms with E-state index < -0.39 is 0 Å². The number of aliphatic hydroxyl groups is 1. The first-order valence-corrected chi connectivity index (χ1v) is 10.4. The number of hydrogen-bond donors (Lipinski definition) is 2. The summed E-state index contributed by atoms with van der Waals surface area (Å²) in [5.41, 5.74) is 4.30. The van der Waals surface area contributed by atoms with Crippen molar-refractivity contribution in [2.75, 3.05) is 18.5 Å². The lowest BCUT2D eigenvalue weighted by atomic mass is 10.0. The van der Waals surface area contributed by atoms with Crippen LogP contribution < -0.4 is 10.9 Å². The number of benzene rings is 1. The van der Waals surface area contributed by atoms with Gasteiger partial charge in [-0.15, -0.1) is 0 Å². The molecule has 0 unspecified atom stereocenters. The Labute approximate surface area is 184 Å². The van der Waals surface area contributed by atoms with Gasteiger partial charge in [-0.1, -0.05) is 29.8 Å². The van der Waals surface area contributed by atoms with Crippen molar-refractivity contribution in [3.05, 3.63) is 69.7 Å². The van der Waals surface area contributed by atoms with Crippen LogP contribution in [-0.2, 0) is 6.54 Å². The molecule has 4 rings (SSSR count). The third-order valence-electron chi connectivity index (χ3n) is 5.08. The van der Waals surface area contributed by atoms with Gasteiger partial charge in [0.25, 0.3) is 5.56 Å². The number of nitrogens with one attached hydrogen (secondary N) is 1. The summed E-state index contributed by atoms with van der Waals surface area (Å²) in [6, 6.07) is 11.3. The van der Waals surface area contributed by atoms with E-state index in [9.17, 15) is 4.79 Å². The maximum atomic E-state index is 13.3. The first kappa shape index (κ1) is 21.0. The quantitative estimate of drug-likeness (QED) is 0.477. The Morgan fingerprint density at radius 1 is 1.16 bits per heavy atom. The van der Waals surface area contributed by atoms with Gasteiger partial charge in [0, 0.05) is 52.6 Å². The van der Waals surface area contributed by atoms with Crippen LogP contribution in [0.5, 0.6) is 0 Å². The molecular formula is C23H22ClN5O2. The molecule has 0 saturated carbocycles. The highest BCUT2D eigenvalue weighted by atomic mass is 35.5. The number of hydrogen-bond acceptors (Lipinski definition) is 6. The molecule has 0 aliphatic heterocycles. The van der Waals surface area contributed by atoms with Gasteiger partial charge >= 0.3 is 0 Å². The van der Waals surface area contributed by atoms with Gasteiger partial charge in [-0.05, 0) is 37.6 Å². The zero-order valence-corrected chi connectivity index (χ0v) is 18.0. The maximum Gasteiger partial charge on any atom is 0.260 e. The number of nitrogens with zero attached hydrogens (tertiary/aromatic N) is 4. The van der Waals surface area contributed by atoms with Crippen LogP contribution >= 0.6 is 11.6 Å². The minimum atomic E-state index is -0.175. The Morgan fingerprint density at radius 2 is 2.00 bits per heavy atom. The SMILES string of the molecule is CCn1c(=O)c(-c2ccc(-c3ncccc3C)cc2Cl)cc2cnc(NCCO)nc21. The van der Waals surface area contributed by atoms with Crippen molar-refractivity contribution in [2.45, 2.75) is 20.4 Å². The lowest BCUT2D eigenvalue weighted by Crippen LogP contribution is -2.22. The molecule has 7 nitrogen and oxygen atoms in total. The molecule has 0 aliphatic carbocycles. The Morgan fingerprint density at radius 3 is 2.71 bits per heavy atom. The summed E-state index contributed by atoms with van der Waals surface area (Å²) in [5.74, 6) is 0.365. The van der Waals surface area contributed by atoms with Gasteiger partial charge in [0.05, 0.1) is 12.3 Å². The number of aryl methyl sites for hydroxylation is 2. The van der Waals surface area contributed by atoms with Crippen LogP contribution in [0.15, 0.2) is 53.6 Å². The Bertz CT molecular complexity index is 1320. The van der Waals surface area contributed by atoms with Crippen molar-refractivity contribution in [1.29, 1.82) is 0 Å². The highest BCUT2D eigenvalue weighted by Crippen LogP contribution is 2.32. The van der Waals surface area contributed by atoms with Gasteiger partial charge < -0.3 is 10.4 Å². The fraction of sp³-hybridized carbons (Fsp3) is 0.217. The number of halogens is 1. The van der Waals surface area contributed by atoms with Gasteiger partial charge in [-0.2, -0.15) is 4.98 Å². The van der Waals surface area contributed by atoms with E-state index in [0.717, 1.165) is 22.2 Å². The molecule has 3 heterocycles. The molecular weight excluding hydrogens is 414 g/mol. The van der Waals surface area contributed by atoms with Gasteiger partial charge in [-0.3, -0.25) is 14.3 Å². The first-order valence-electron chi connectivity index (χ1n) is 10.0. The van der Waals surface area contributed by atoms with E-state index in [1.54, 1.807) is 23.0 Å². The lowest BCUT2D eigenvalue weighted by Gasteiger charge is -2.13. The van der Waals surface area contributed by atoms with Crippen molar-refractivity contribution in [1.82, 2.24) is 19.5 Å².